The van der Waals surface area contributed by atoms with E-state index in [2.05, 4.69) is 16.9 Å². The molecule has 0 radical (unpaired) electrons. The lowest BCUT2D eigenvalue weighted by molar-refractivity contribution is -0.543. The molecular weight excluding hydrogens is 603 g/mol. The van der Waals surface area contributed by atoms with Crippen molar-refractivity contribution >= 4 is 5.69 Å². The fraction of sp³-hybridized carbons (Fsp3) is 0.237. The van der Waals surface area contributed by atoms with Gasteiger partial charge in [0.2, 0.25) is 0 Å². The summed E-state index contributed by atoms with van der Waals surface area (Å²) in [5.41, 5.74) is 1.15. The molecule has 1 aliphatic carbocycles. The normalized spacial score (nSPS) is 24.7. The van der Waals surface area contributed by atoms with E-state index in [9.17, 15) is 28.2 Å². The van der Waals surface area contributed by atoms with Crippen LogP contribution in [0.25, 0.3) is 5.69 Å². The maximum absolute atomic E-state index is 14.3. The second-order valence-corrected chi connectivity index (χ2v) is 12.5. The lowest BCUT2D eigenvalue weighted by Gasteiger charge is -2.60. The molecular formula is C38H32F3N3O3-2. The number of aromatic nitrogens is 2. The van der Waals surface area contributed by atoms with Crippen LogP contribution >= 0.6 is 0 Å². The third kappa shape index (κ3) is 5.29. The molecule has 0 spiro atoms. The highest BCUT2D eigenvalue weighted by atomic mass is 19.4. The van der Waals surface area contributed by atoms with Crippen molar-refractivity contribution < 1.29 is 23.4 Å². The molecule has 9 heteroatoms. The molecule has 1 N–H and O–H groups in total. The van der Waals surface area contributed by atoms with E-state index in [-0.39, 0.29) is 5.69 Å². The third-order valence-corrected chi connectivity index (χ3v) is 9.60. The summed E-state index contributed by atoms with van der Waals surface area (Å²) >= 11 is 0. The summed E-state index contributed by atoms with van der Waals surface area (Å²) in [5.74, 6) is -2.80. The number of H-pyrrole nitrogens is 1. The SMILES string of the molecule is CC1(Cc2ccccc2)C(=CC2C([O-])C(c3c(C(F)(F)F)[nH]n(-c4ccccc4)c3=O)C2[O-])N(Cc2ccccc2)c2ccccc21. The van der Waals surface area contributed by atoms with E-state index < -0.39 is 52.5 Å². The first-order valence-corrected chi connectivity index (χ1v) is 15.5. The fourth-order valence-corrected chi connectivity index (χ4v) is 7.28. The zero-order valence-electron chi connectivity index (χ0n) is 25.5. The third-order valence-electron chi connectivity index (χ3n) is 9.60. The number of nitrogens with zero attached hydrogens (tertiary/aromatic N) is 2. The molecule has 0 saturated heterocycles. The molecule has 3 atom stereocenters. The predicted molar refractivity (Wildman–Crippen MR) is 170 cm³/mol. The summed E-state index contributed by atoms with van der Waals surface area (Å²) in [6, 6.07) is 35.5. The van der Waals surface area contributed by atoms with Crippen LogP contribution in [0.5, 0.6) is 0 Å². The zero-order valence-corrected chi connectivity index (χ0v) is 25.5. The number of alkyl halides is 3. The van der Waals surface area contributed by atoms with E-state index in [0.717, 1.165) is 32.8 Å². The van der Waals surface area contributed by atoms with Gasteiger partial charge in [-0.25, -0.2) is 4.68 Å². The number of hydrogen-bond acceptors (Lipinski definition) is 4. The van der Waals surface area contributed by atoms with E-state index >= 15 is 0 Å². The first-order chi connectivity index (χ1) is 22.6. The molecule has 7 rings (SSSR count). The summed E-state index contributed by atoms with van der Waals surface area (Å²) in [4.78, 5) is 15.6. The van der Waals surface area contributed by atoms with Gasteiger partial charge in [-0.05, 0) is 60.1 Å². The average molecular weight is 636 g/mol. The van der Waals surface area contributed by atoms with Crippen molar-refractivity contribution in [3.05, 3.63) is 165 Å². The highest BCUT2D eigenvalue weighted by molar-refractivity contribution is 5.71. The van der Waals surface area contributed by atoms with Gasteiger partial charge in [0.1, 0.15) is 5.69 Å². The predicted octanol–water partition coefficient (Wildman–Crippen LogP) is 5.46. The molecule has 5 aromatic rings. The van der Waals surface area contributed by atoms with Gasteiger partial charge in [0.15, 0.2) is 0 Å². The number of para-hydroxylation sites is 2. The molecule has 1 saturated carbocycles. The van der Waals surface area contributed by atoms with Gasteiger partial charge in [-0.3, -0.25) is 9.89 Å². The summed E-state index contributed by atoms with van der Waals surface area (Å²) in [6.45, 7) is 2.55. The Bertz CT molecular complexity index is 1960. The monoisotopic (exact) mass is 635 g/mol. The molecule has 1 aromatic heterocycles. The maximum atomic E-state index is 14.3. The largest absolute Gasteiger partial charge is 0.851 e. The van der Waals surface area contributed by atoms with E-state index in [1.807, 2.05) is 84.9 Å². The Morgan fingerprint density at radius 3 is 1.98 bits per heavy atom. The second-order valence-electron chi connectivity index (χ2n) is 12.5. The van der Waals surface area contributed by atoms with Crippen LogP contribution in [-0.2, 0) is 24.6 Å². The van der Waals surface area contributed by atoms with Crippen LogP contribution in [0.4, 0.5) is 18.9 Å². The van der Waals surface area contributed by atoms with E-state index in [1.54, 1.807) is 24.3 Å². The first kappa shape index (κ1) is 30.8. The Morgan fingerprint density at radius 1 is 0.809 bits per heavy atom. The van der Waals surface area contributed by atoms with Crippen LogP contribution in [0.2, 0.25) is 0 Å². The van der Waals surface area contributed by atoms with Crippen molar-refractivity contribution in [3.8, 4) is 5.69 Å². The Balaban J connectivity index is 1.32. The van der Waals surface area contributed by atoms with Crippen LogP contribution in [0.1, 0.15) is 40.8 Å². The Kier molecular flexibility index (Phi) is 7.69. The first-order valence-electron chi connectivity index (χ1n) is 15.5. The van der Waals surface area contributed by atoms with Crippen molar-refractivity contribution in [1.82, 2.24) is 9.78 Å². The standard InChI is InChI=1S/C38H32F3N3O3/c1-37(22-24-13-5-2-6-14-24)28-19-11-12-20-29(28)43(23-25-15-7-3-8-16-25)30(37)21-27-33(45)31(34(27)46)32-35(38(39,40)41)42-44(36(32)47)26-17-9-4-10-18-26/h2-21,27,31,33-34,42H,22-23H2,1H3/q-2. The summed E-state index contributed by atoms with van der Waals surface area (Å²) in [6.07, 6.45) is -6.20. The van der Waals surface area contributed by atoms with Crippen molar-refractivity contribution in [2.24, 2.45) is 5.92 Å². The molecule has 1 fully saturated rings. The highest BCUT2D eigenvalue weighted by Crippen LogP contribution is 2.52. The zero-order chi connectivity index (χ0) is 32.9. The Labute approximate surface area is 270 Å². The van der Waals surface area contributed by atoms with E-state index in [0.29, 0.717) is 13.0 Å². The topological polar surface area (TPSA) is 87.1 Å². The number of aromatic amines is 1. The van der Waals surface area contributed by atoms with Crippen molar-refractivity contribution in [1.29, 1.82) is 0 Å². The molecule has 0 bridgehead atoms. The van der Waals surface area contributed by atoms with E-state index in [4.69, 9.17) is 0 Å². The second kappa shape index (κ2) is 11.7. The lowest BCUT2D eigenvalue weighted by Crippen LogP contribution is -2.66. The minimum atomic E-state index is -4.97. The van der Waals surface area contributed by atoms with Crippen molar-refractivity contribution in [2.75, 3.05) is 4.90 Å². The van der Waals surface area contributed by atoms with Crippen LogP contribution in [0.15, 0.2) is 132 Å². The van der Waals surface area contributed by atoms with Gasteiger partial charge in [-0.1, -0.05) is 103 Å². The van der Waals surface area contributed by atoms with Gasteiger partial charge in [-0.2, -0.15) is 13.2 Å². The minimum Gasteiger partial charge on any atom is -0.851 e. The van der Waals surface area contributed by atoms with E-state index in [1.165, 1.54) is 12.1 Å². The summed E-state index contributed by atoms with van der Waals surface area (Å²) in [5, 5.41) is 30.0. The Morgan fingerprint density at radius 2 is 1.36 bits per heavy atom. The van der Waals surface area contributed by atoms with Crippen LogP contribution < -0.4 is 20.7 Å². The summed E-state index contributed by atoms with van der Waals surface area (Å²) < 4.78 is 43.6. The van der Waals surface area contributed by atoms with Gasteiger partial charge >= 0.3 is 6.18 Å². The molecule has 1 aliphatic heterocycles. The van der Waals surface area contributed by atoms with Gasteiger partial charge in [0, 0.05) is 23.3 Å². The number of rotatable bonds is 7. The lowest BCUT2D eigenvalue weighted by atomic mass is 9.64. The Hall–Kier alpha value is -4.86. The number of nitrogens with one attached hydrogen (secondary N) is 1. The van der Waals surface area contributed by atoms with Gasteiger partial charge < -0.3 is 15.1 Å². The summed E-state index contributed by atoms with van der Waals surface area (Å²) in [7, 11) is 0. The van der Waals surface area contributed by atoms with Crippen LogP contribution in [0, 0.1) is 5.92 Å². The minimum absolute atomic E-state index is 0.175. The average Bonchev–Trinajstić information content (AvgIpc) is 3.52. The number of benzene rings is 4. The van der Waals surface area contributed by atoms with Gasteiger partial charge in [-0.15, -0.1) is 12.2 Å². The van der Waals surface area contributed by atoms with Gasteiger partial charge in [0.05, 0.1) is 11.3 Å². The number of allylic oxidation sites excluding steroid dienone is 1. The molecule has 4 aromatic carbocycles. The van der Waals surface area contributed by atoms with Crippen molar-refractivity contribution in [3.63, 3.8) is 0 Å². The van der Waals surface area contributed by atoms with Crippen LogP contribution in [-0.4, -0.2) is 22.0 Å². The van der Waals surface area contributed by atoms with Crippen LogP contribution in [0.3, 0.4) is 0 Å². The quantitative estimate of drug-likeness (QED) is 0.258. The molecule has 2 heterocycles. The number of hydrogen-bond donors (Lipinski definition) is 1. The molecule has 2 aliphatic rings. The molecule has 47 heavy (non-hydrogen) atoms. The van der Waals surface area contributed by atoms with Gasteiger partial charge in [0.25, 0.3) is 5.56 Å². The maximum Gasteiger partial charge on any atom is 0.433 e. The van der Waals surface area contributed by atoms with Crippen molar-refractivity contribution in [2.45, 2.75) is 49.6 Å². The number of fused-ring (bicyclic) bond motifs is 1. The smallest absolute Gasteiger partial charge is 0.433 e. The molecule has 6 nitrogen and oxygen atoms in total. The number of halogens is 3. The number of anilines is 1. The molecule has 0 amide bonds. The molecule has 3 unspecified atom stereocenters. The fourth-order valence-electron chi connectivity index (χ4n) is 7.28. The highest BCUT2D eigenvalue weighted by Gasteiger charge is 2.49. The molecule has 240 valence electrons.